The highest BCUT2D eigenvalue weighted by Gasteiger charge is 2.41. The first kappa shape index (κ1) is 24.0. The van der Waals surface area contributed by atoms with Crippen LogP contribution in [0.4, 0.5) is 4.39 Å². The normalized spacial score (nSPS) is 26.5. The molecule has 1 saturated carbocycles. The molecule has 1 aliphatic carbocycles. The molecule has 3 atom stereocenters. The van der Waals surface area contributed by atoms with Gasteiger partial charge in [-0.25, -0.2) is 4.39 Å². The van der Waals surface area contributed by atoms with E-state index in [0.717, 1.165) is 43.7 Å². The van der Waals surface area contributed by atoms with Crippen molar-refractivity contribution in [2.45, 2.75) is 69.4 Å². The van der Waals surface area contributed by atoms with Crippen LogP contribution in [0.3, 0.4) is 0 Å². The molecule has 7 nitrogen and oxygen atoms in total. The average Bonchev–Trinajstić information content (AvgIpc) is 3.17. The molecule has 4 aliphatic rings. The molecule has 6 rings (SSSR count). The third kappa shape index (κ3) is 4.82. The zero-order valence-electron chi connectivity index (χ0n) is 20.8. The third-order valence-corrected chi connectivity index (χ3v) is 8.01. The van der Waals surface area contributed by atoms with Gasteiger partial charge in [0.25, 0.3) is 5.91 Å². The first-order valence-corrected chi connectivity index (χ1v) is 13.2. The van der Waals surface area contributed by atoms with E-state index < -0.39 is 6.04 Å². The summed E-state index contributed by atoms with van der Waals surface area (Å²) in [6, 6.07) is 11.8. The molecule has 3 heterocycles. The lowest BCUT2D eigenvalue weighted by Gasteiger charge is -2.47. The first-order valence-electron chi connectivity index (χ1n) is 13.2. The summed E-state index contributed by atoms with van der Waals surface area (Å²) in [6.07, 6.45) is 5.72. The largest absolute Gasteiger partial charge is 0.489 e. The second kappa shape index (κ2) is 9.82. The molecule has 2 aromatic carbocycles. The number of benzene rings is 2. The van der Waals surface area contributed by atoms with Crippen molar-refractivity contribution in [1.29, 1.82) is 0 Å². The fraction of sp³-hybridized carbons (Fsp3) is 0.448. The standard InChI is InChI=1S/C29H32FN3O4/c1-18-9-12-26(28(34)31-18)33-15-19-13-22(10-11-24(19)29(33)35)37-27-8-3-2-7-25(27)32-16-23(17-32)36-21-6-4-5-20(30)14-21/h4-6,10-11,13-14,23,25-27H,1-3,7-9,12,15-17H2,(H,31,34). The Morgan fingerprint density at radius 3 is 2.59 bits per heavy atom. The number of carbonyl (C=O) groups is 2. The summed E-state index contributed by atoms with van der Waals surface area (Å²) < 4.78 is 25.9. The number of amides is 2. The molecule has 0 aromatic heterocycles. The van der Waals surface area contributed by atoms with Crippen molar-refractivity contribution in [2.24, 2.45) is 0 Å². The summed E-state index contributed by atoms with van der Waals surface area (Å²) in [6.45, 7) is 5.83. The highest BCUT2D eigenvalue weighted by Crippen LogP contribution is 2.34. The summed E-state index contributed by atoms with van der Waals surface area (Å²) >= 11 is 0. The predicted octanol–water partition coefficient (Wildman–Crippen LogP) is 4.03. The summed E-state index contributed by atoms with van der Waals surface area (Å²) in [5.74, 6) is 0.780. The molecule has 3 unspecified atom stereocenters. The predicted molar refractivity (Wildman–Crippen MR) is 136 cm³/mol. The Bertz CT molecular complexity index is 1230. The van der Waals surface area contributed by atoms with Gasteiger partial charge >= 0.3 is 0 Å². The van der Waals surface area contributed by atoms with E-state index in [1.165, 1.54) is 18.6 Å². The second-order valence-corrected chi connectivity index (χ2v) is 10.6. The lowest BCUT2D eigenvalue weighted by atomic mass is 9.89. The minimum atomic E-state index is -0.466. The molecule has 194 valence electrons. The van der Waals surface area contributed by atoms with E-state index in [9.17, 15) is 14.0 Å². The van der Waals surface area contributed by atoms with Crippen LogP contribution in [0.15, 0.2) is 54.7 Å². The Labute approximate surface area is 216 Å². The van der Waals surface area contributed by atoms with E-state index in [-0.39, 0.29) is 29.8 Å². The van der Waals surface area contributed by atoms with Crippen LogP contribution in [-0.4, -0.2) is 59.0 Å². The van der Waals surface area contributed by atoms with Crippen molar-refractivity contribution < 1.29 is 23.5 Å². The zero-order valence-corrected chi connectivity index (χ0v) is 20.8. The number of carbonyl (C=O) groups excluding carboxylic acids is 2. The van der Waals surface area contributed by atoms with Crippen LogP contribution in [0, 0.1) is 5.82 Å². The van der Waals surface area contributed by atoms with Crippen LogP contribution in [0.25, 0.3) is 0 Å². The van der Waals surface area contributed by atoms with E-state index >= 15 is 0 Å². The summed E-state index contributed by atoms with van der Waals surface area (Å²) in [5, 5.41) is 2.78. The van der Waals surface area contributed by atoms with Gasteiger partial charge in [0.15, 0.2) is 0 Å². The van der Waals surface area contributed by atoms with E-state index in [4.69, 9.17) is 9.47 Å². The van der Waals surface area contributed by atoms with Gasteiger partial charge in [-0.1, -0.05) is 19.1 Å². The van der Waals surface area contributed by atoms with Gasteiger partial charge in [0.1, 0.15) is 35.6 Å². The van der Waals surface area contributed by atoms with Crippen LogP contribution in [0.2, 0.25) is 0 Å². The number of piperidine rings is 1. The molecule has 3 aliphatic heterocycles. The molecule has 8 heteroatoms. The fourth-order valence-electron chi connectivity index (χ4n) is 6.06. The zero-order chi connectivity index (χ0) is 25.5. The number of halogens is 1. The van der Waals surface area contributed by atoms with E-state index in [2.05, 4.69) is 16.8 Å². The van der Waals surface area contributed by atoms with Crippen molar-refractivity contribution in [1.82, 2.24) is 15.1 Å². The minimum Gasteiger partial charge on any atom is -0.489 e. The Kier molecular flexibility index (Phi) is 6.36. The van der Waals surface area contributed by atoms with Gasteiger partial charge in [-0.3, -0.25) is 14.5 Å². The van der Waals surface area contributed by atoms with Crippen LogP contribution in [0.1, 0.15) is 54.4 Å². The van der Waals surface area contributed by atoms with Crippen molar-refractivity contribution in [2.75, 3.05) is 13.1 Å². The monoisotopic (exact) mass is 505 g/mol. The number of allylic oxidation sites excluding steroid dienone is 1. The number of nitrogens with zero attached hydrogens (tertiary/aromatic N) is 2. The molecule has 2 aromatic rings. The number of likely N-dealkylation sites (tertiary alicyclic amines) is 1. The van der Waals surface area contributed by atoms with Gasteiger partial charge in [-0.05, 0) is 68.0 Å². The molecule has 0 bridgehead atoms. The van der Waals surface area contributed by atoms with Gasteiger partial charge in [-0.2, -0.15) is 0 Å². The summed E-state index contributed by atoms with van der Waals surface area (Å²) in [7, 11) is 0. The Hall–Kier alpha value is -3.39. The van der Waals surface area contributed by atoms with E-state index in [1.807, 2.05) is 18.2 Å². The van der Waals surface area contributed by atoms with Crippen molar-refractivity contribution in [3.8, 4) is 11.5 Å². The quantitative estimate of drug-likeness (QED) is 0.642. The SMILES string of the molecule is C=C1CCC(N2Cc3cc(OC4CCCCC4N4CC(Oc5cccc(F)c5)C4)ccc3C2=O)C(=O)N1. The average molecular weight is 506 g/mol. The molecule has 2 amide bonds. The number of hydrogen-bond donors (Lipinski definition) is 1. The lowest BCUT2D eigenvalue weighted by molar-refractivity contribution is -0.126. The Balaban J connectivity index is 1.09. The molecule has 37 heavy (non-hydrogen) atoms. The van der Waals surface area contributed by atoms with Crippen LogP contribution >= 0.6 is 0 Å². The number of hydrogen-bond acceptors (Lipinski definition) is 5. The second-order valence-electron chi connectivity index (χ2n) is 10.6. The van der Waals surface area contributed by atoms with Gasteiger partial charge in [0, 0.05) is 43.0 Å². The number of fused-ring (bicyclic) bond motifs is 1. The van der Waals surface area contributed by atoms with Gasteiger partial charge in [-0.15, -0.1) is 0 Å². The van der Waals surface area contributed by atoms with Crippen molar-refractivity contribution in [3.63, 3.8) is 0 Å². The highest BCUT2D eigenvalue weighted by molar-refractivity contribution is 6.01. The number of rotatable bonds is 6. The molecule has 1 N–H and O–H groups in total. The maximum absolute atomic E-state index is 13.5. The fourth-order valence-corrected chi connectivity index (χ4v) is 6.06. The van der Waals surface area contributed by atoms with Crippen molar-refractivity contribution in [3.05, 3.63) is 71.7 Å². The minimum absolute atomic E-state index is 0.0514. The molecule has 0 radical (unpaired) electrons. The molecular weight excluding hydrogens is 473 g/mol. The maximum atomic E-state index is 13.5. The molecule has 2 saturated heterocycles. The Morgan fingerprint density at radius 2 is 1.78 bits per heavy atom. The van der Waals surface area contributed by atoms with Gasteiger partial charge in [0.05, 0.1) is 0 Å². The molecular formula is C29H32FN3O4. The number of ether oxygens (including phenoxy) is 2. The lowest BCUT2D eigenvalue weighted by Crippen LogP contribution is -2.62. The van der Waals surface area contributed by atoms with Gasteiger partial charge in [0.2, 0.25) is 5.91 Å². The smallest absolute Gasteiger partial charge is 0.255 e. The Morgan fingerprint density at radius 1 is 0.973 bits per heavy atom. The van der Waals surface area contributed by atoms with Crippen LogP contribution in [0.5, 0.6) is 11.5 Å². The molecule has 3 fully saturated rings. The van der Waals surface area contributed by atoms with E-state index in [1.54, 1.807) is 17.0 Å². The third-order valence-electron chi connectivity index (χ3n) is 8.01. The van der Waals surface area contributed by atoms with E-state index in [0.29, 0.717) is 42.4 Å². The van der Waals surface area contributed by atoms with Crippen molar-refractivity contribution >= 4 is 11.8 Å². The highest BCUT2D eigenvalue weighted by atomic mass is 19.1. The van der Waals surface area contributed by atoms with Crippen LogP contribution in [-0.2, 0) is 11.3 Å². The first-order chi connectivity index (χ1) is 17.9. The number of nitrogens with one attached hydrogen (secondary N) is 1. The summed E-state index contributed by atoms with van der Waals surface area (Å²) in [4.78, 5) is 29.6. The summed E-state index contributed by atoms with van der Waals surface area (Å²) in [5.41, 5.74) is 2.25. The topological polar surface area (TPSA) is 71.1 Å². The molecule has 0 spiro atoms. The van der Waals surface area contributed by atoms with Gasteiger partial charge < -0.3 is 19.7 Å². The maximum Gasteiger partial charge on any atom is 0.255 e. The van der Waals surface area contributed by atoms with Crippen LogP contribution < -0.4 is 14.8 Å².